The Kier molecular flexibility index (Phi) is 6.39. The summed E-state index contributed by atoms with van der Waals surface area (Å²) in [5.41, 5.74) is -0.632. The lowest BCUT2D eigenvalue weighted by atomic mass is 10.1. The van der Waals surface area contributed by atoms with Crippen molar-refractivity contribution in [2.75, 3.05) is 6.61 Å². The Bertz CT molecular complexity index is 1490. The topological polar surface area (TPSA) is 129 Å². The first-order valence-electron chi connectivity index (χ1n) is 10.1. The van der Waals surface area contributed by atoms with E-state index < -0.39 is 43.4 Å². The van der Waals surface area contributed by atoms with Crippen LogP contribution >= 0.6 is 11.6 Å². The molecule has 3 N–H and O–H groups in total. The summed E-state index contributed by atoms with van der Waals surface area (Å²) in [5.74, 6) is -1.70. The van der Waals surface area contributed by atoms with Crippen LogP contribution < -0.4 is 10.7 Å². The van der Waals surface area contributed by atoms with Crippen LogP contribution in [-0.4, -0.2) is 42.1 Å². The zero-order valence-corrected chi connectivity index (χ0v) is 19.2. The van der Waals surface area contributed by atoms with Crippen molar-refractivity contribution in [2.45, 2.75) is 22.7 Å². The molecule has 2 aromatic carbocycles. The smallest absolute Gasteiger partial charge is 0.257 e. The van der Waals surface area contributed by atoms with Gasteiger partial charge in [-0.3, -0.25) is 14.6 Å². The highest BCUT2D eigenvalue weighted by Crippen LogP contribution is 2.35. The maximum Gasteiger partial charge on any atom is 0.257 e. The zero-order valence-electron chi connectivity index (χ0n) is 17.6. The number of pyridine rings is 1. The zero-order chi connectivity index (χ0) is 24.5. The number of sulfone groups is 1. The van der Waals surface area contributed by atoms with Gasteiger partial charge in [0, 0.05) is 37.0 Å². The standard InChI is InChI=1S/C23H19ClFN3O5S/c24-15-4-2-14(3-5-15)12-27-22(31)18-13-26-20-17(21(18)30)10-16(11-19(20)25)34(32,33)23(7-9-29)6-1-8-28-23/h1-6,8,10-11,13,29H,7,9,12H2,(H,26,30)(H,27,31). The molecule has 3 aromatic rings. The van der Waals surface area contributed by atoms with Crippen LogP contribution in [0.1, 0.15) is 22.3 Å². The third kappa shape index (κ3) is 4.15. The summed E-state index contributed by atoms with van der Waals surface area (Å²) in [6.45, 7) is -0.361. The van der Waals surface area contributed by atoms with Gasteiger partial charge >= 0.3 is 0 Å². The molecule has 1 aromatic heterocycles. The summed E-state index contributed by atoms with van der Waals surface area (Å²) in [4.78, 5) is 29.9. The highest BCUT2D eigenvalue weighted by molar-refractivity contribution is 7.93. The second kappa shape index (κ2) is 9.13. The van der Waals surface area contributed by atoms with E-state index in [0.29, 0.717) is 5.02 Å². The lowest BCUT2D eigenvalue weighted by molar-refractivity contribution is 0.0949. The van der Waals surface area contributed by atoms with E-state index in [0.717, 1.165) is 23.9 Å². The second-order valence-corrected chi connectivity index (χ2v) is 10.2. The molecule has 0 saturated heterocycles. The lowest BCUT2D eigenvalue weighted by Gasteiger charge is -2.23. The van der Waals surface area contributed by atoms with Gasteiger partial charge in [-0.1, -0.05) is 23.7 Å². The number of hydrogen-bond donors (Lipinski definition) is 3. The predicted molar refractivity (Wildman–Crippen MR) is 126 cm³/mol. The van der Waals surface area contributed by atoms with Crippen LogP contribution in [-0.2, 0) is 16.4 Å². The van der Waals surface area contributed by atoms with Gasteiger partial charge in [0.2, 0.25) is 15.3 Å². The van der Waals surface area contributed by atoms with Crippen molar-refractivity contribution in [1.29, 1.82) is 0 Å². The number of aromatic nitrogens is 1. The van der Waals surface area contributed by atoms with E-state index in [1.165, 1.54) is 18.4 Å². The van der Waals surface area contributed by atoms with Crippen LogP contribution in [0.4, 0.5) is 4.39 Å². The number of amides is 1. The van der Waals surface area contributed by atoms with Gasteiger partial charge in [-0.05, 0) is 42.0 Å². The molecule has 1 aliphatic rings. The first-order valence-corrected chi connectivity index (χ1v) is 12.0. The van der Waals surface area contributed by atoms with E-state index >= 15 is 0 Å². The Morgan fingerprint density at radius 2 is 1.97 bits per heavy atom. The van der Waals surface area contributed by atoms with Gasteiger partial charge in [-0.2, -0.15) is 0 Å². The van der Waals surface area contributed by atoms with Gasteiger partial charge in [-0.25, -0.2) is 12.8 Å². The first-order chi connectivity index (χ1) is 16.2. The number of aliphatic imine (C=N–C) groups is 1. The number of allylic oxidation sites excluding steroid dienone is 1. The fourth-order valence-corrected chi connectivity index (χ4v) is 5.56. The Hall–Kier alpha value is -3.34. The van der Waals surface area contributed by atoms with E-state index in [1.54, 1.807) is 24.3 Å². The average molecular weight is 504 g/mol. The van der Waals surface area contributed by atoms with E-state index in [1.807, 2.05) is 0 Å². The van der Waals surface area contributed by atoms with E-state index in [9.17, 15) is 27.5 Å². The first kappa shape index (κ1) is 23.8. The third-order valence-corrected chi connectivity index (χ3v) is 7.99. The number of nitrogens with one attached hydrogen (secondary N) is 2. The molecule has 2 heterocycles. The van der Waals surface area contributed by atoms with Crippen molar-refractivity contribution in [3.8, 4) is 0 Å². The maximum absolute atomic E-state index is 14.8. The van der Waals surface area contributed by atoms with Crippen molar-refractivity contribution >= 4 is 44.5 Å². The predicted octanol–water partition coefficient (Wildman–Crippen LogP) is 2.74. The third-order valence-electron chi connectivity index (χ3n) is 5.51. The molecule has 0 fully saturated rings. The molecule has 8 nitrogen and oxygen atoms in total. The van der Waals surface area contributed by atoms with Crippen molar-refractivity contribution in [3.05, 3.63) is 86.9 Å². The number of halogens is 2. The molecule has 0 spiro atoms. The number of benzene rings is 2. The van der Waals surface area contributed by atoms with Crippen molar-refractivity contribution in [2.24, 2.45) is 4.99 Å². The summed E-state index contributed by atoms with van der Waals surface area (Å²) in [6, 6.07) is 8.54. The lowest BCUT2D eigenvalue weighted by Crippen LogP contribution is -2.35. The summed E-state index contributed by atoms with van der Waals surface area (Å²) < 4.78 is 41.5. The quantitative estimate of drug-likeness (QED) is 0.456. The van der Waals surface area contributed by atoms with Gasteiger partial charge in [0.1, 0.15) is 11.4 Å². The summed E-state index contributed by atoms with van der Waals surface area (Å²) in [5, 5.41) is 12.2. The monoisotopic (exact) mass is 503 g/mol. The Morgan fingerprint density at radius 3 is 2.62 bits per heavy atom. The molecule has 0 bridgehead atoms. The molecule has 1 unspecified atom stereocenters. The number of aliphatic hydroxyl groups excluding tert-OH is 1. The fraction of sp³-hybridized carbons (Fsp3) is 0.174. The Labute approximate surface area is 198 Å². The summed E-state index contributed by atoms with van der Waals surface area (Å²) in [7, 11) is -4.32. The van der Waals surface area contributed by atoms with Crippen LogP contribution in [0.3, 0.4) is 0 Å². The van der Waals surface area contributed by atoms with Crippen LogP contribution in [0.5, 0.6) is 0 Å². The van der Waals surface area contributed by atoms with Gasteiger partial charge in [0.15, 0.2) is 4.87 Å². The minimum atomic E-state index is -4.32. The molecule has 0 saturated carbocycles. The number of hydrogen-bond acceptors (Lipinski definition) is 6. The molecule has 34 heavy (non-hydrogen) atoms. The molecule has 4 rings (SSSR count). The number of nitrogens with zero attached hydrogens (tertiary/aromatic N) is 1. The van der Waals surface area contributed by atoms with E-state index in [4.69, 9.17) is 11.6 Å². The number of carbonyl (C=O) groups is 1. The molecule has 1 aliphatic heterocycles. The fourth-order valence-electron chi connectivity index (χ4n) is 3.68. The van der Waals surface area contributed by atoms with Gasteiger partial charge in [0.05, 0.1) is 15.8 Å². The second-order valence-electron chi connectivity index (χ2n) is 7.63. The van der Waals surface area contributed by atoms with Gasteiger partial charge in [0.25, 0.3) is 5.91 Å². The number of carbonyl (C=O) groups excluding carboxylic acids is 1. The van der Waals surface area contributed by atoms with Crippen LogP contribution in [0.25, 0.3) is 10.9 Å². The maximum atomic E-state index is 14.8. The largest absolute Gasteiger partial charge is 0.396 e. The number of aromatic amines is 1. The highest BCUT2D eigenvalue weighted by Gasteiger charge is 2.43. The molecule has 0 aliphatic carbocycles. The Morgan fingerprint density at radius 1 is 1.24 bits per heavy atom. The molecule has 11 heteroatoms. The number of H-pyrrole nitrogens is 1. The summed E-state index contributed by atoms with van der Waals surface area (Å²) in [6.07, 6.45) is 4.83. The SMILES string of the molecule is O=C(NCc1ccc(Cl)cc1)c1c[nH]c2c(F)cc(S(=O)(=O)C3(CCO)C=CC=N3)cc2c1=O. The number of aliphatic hydroxyl groups is 1. The van der Waals surface area contributed by atoms with Crippen LogP contribution in [0.2, 0.25) is 5.02 Å². The normalized spacial score (nSPS) is 17.4. The average Bonchev–Trinajstić information content (AvgIpc) is 3.30. The molecule has 1 amide bonds. The molecular formula is C23H19ClFN3O5S. The van der Waals surface area contributed by atoms with Gasteiger partial charge < -0.3 is 15.4 Å². The Balaban J connectivity index is 1.73. The van der Waals surface area contributed by atoms with E-state index in [2.05, 4.69) is 15.3 Å². The van der Waals surface area contributed by atoms with Crippen LogP contribution in [0, 0.1) is 5.82 Å². The van der Waals surface area contributed by atoms with E-state index in [-0.39, 0.29) is 29.4 Å². The van der Waals surface area contributed by atoms with Gasteiger partial charge in [-0.15, -0.1) is 0 Å². The minimum Gasteiger partial charge on any atom is -0.396 e. The highest BCUT2D eigenvalue weighted by atomic mass is 35.5. The molecule has 176 valence electrons. The molecule has 0 radical (unpaired) electrons. The number of rotatable bonds is 7. The number of fused-ring (bicyclic) bond motifs is 1. The van der Waals surface area contributed by atoms with Crippen molar-refractivity contribution < 1.29 is 22.7 Å². The molecule has 1 atom stereocenters. The summed E-state index contributed by atoms with van der Waals surface area (Å²) >= 11 is 5.84. The minimum absolute atomic E-state index is 0.115. The molecular weight excluding hydrogens is 485 g/mol. The van der Waals surface area contributed by atoms with Crippen LogP contribution in [0.15, 0.2) is 69.4 Å². The van der Waals surface area contributed by atoms with Crippen molar-refractivity contribution in [3.63, 3.8) is 0 Å². The van der Waals surface area contributed by atoms with Crippen molar-refractivity contribution in [1.82, 2.24) is 10.3 Å².